The van der Waals surface area contributed by atoms with Gasteiger partial charge in [0.05, 0.1) is 15.7 Å². The Labute approximate surface area is 126 Å². The van der Waals surface area contributed by atoms with E-state index in [4.69, 9.17) is 5.11 Å². The first-order chi connectivity index (χ1) is 9.40. The number of anilines is 1. The molecule has 2 rings (SSSR count). The van der Waals surface area contributed by atoms with E-state index in [0.717, 1.165) is 19.3 Å². The van der Waals surface area contributed by atoms with Crippen molar-refractivity contribution in [3.8, 4) is 0 Å². The average Bonchev–Trinajstić information content (AvgIpc) is 2.39. The Morgan fingerprint density at radius 3 is 2.65 bits per heavy atom. The molecule has 0 amide bonds. The van der Waals surface area contributed by atoms with Crippen LogP contribution < -0.4 is 5.32 Å². The van der Waals surface area contributed by atoms with Crippen molar-refractivity contribution in [1.82, 2.24) is 0 Å². The quantitative estimate of drug-likeness (QED) is 0.847. The summed E-state index contributed by atoms with van der Waals surface area (Å²) in [4.78, 5) is 10.9. The minimum Gasteiger partial charge on any atom is -0.478 e. The first kappa shape index (κ1) is 15.3. The Morgan fingerprint density at radius 2 is 2.05 bits per heavy atom. The summed E-state index contributed by atoms with van der Waals surface area (Å²) in [5.74, 6) is -0.344. The van der Waals surface area contributed by atoms with E-state index < -0.39 is 11.8 Å². The monoisotopic (exact) mass is 343 g/mol. The fourth-order valence-electron chi connectivity index (χ4n) is 2.72. The Kier molecular flexibility index (Phi) is 4.68. The number of nitrogens with one attached hydrogen (secondary N) is 1. The minimum atomic E-state index is -1.14. The van der Waals surface area contributed by atoms with Crippen molar-refractivity contribution in [2.45, 2.75) is 39.2 Å². The van der Waals surface area contributed by atoms with Gasteiger partial charge in [0.2, 0.25) is 0 Å². The number of rotatable bonds is 3. The second kappa shape index (κ2) is 6.12. The number of carboxylic acids is 1. The molecule has 1 aromatic carbocycles. The molecule has 3 nitrogen and oxygen atoms in total. The van der Waals surface area contributed by atoms with E-state index in [1.165, 1.54) is 12.1 Å². The maximum Gasteiger partial charge on any atom is 0.336 e. The van der Waals surface area contributed by atoms with Crippen LogP contribution in [0.3, 0.4) is 0 Å². The van der Waals surface area contributed by atoms with Gasteiger partial charge < -0.3 is 10.4 Å². The molecule has 3 atom stereocenters. The van der Waals surface area contributed by atoms with Crippen LogP contribution >= 0.6 is 15.9 Å². The van der Waals surface area contributed by atoms with Crippen LogP contribution in [0.1, 0.15) is 43.5 Å². The topological polar surface area (TPSA) is 49.3 Å². The van der Waals surface area contributed by atoms with Gasteiger partial charge in [-0.2, -0.15) is 0 Å². The smallest absolute Gasteiger partial charge is 0.336 e. The van der Waals surface area contributed by atoms with Crippen LogP contribution in [0.25, 0.3) is 0 Å². The molecule has 1 aromatic rings. The summed E-state index contributed by atoms with van der Waals surface area (Å²) in [6, 6.07) is 3.18. The van der Waals surface area contributed by atoms with Gasteiger partial charge >= 0.3 is 5.97 Å². The number of carboxylic acid groups (broad SMARTS) is 1. The van der Waals surface area contributed by atoms with E-state index in [1.54, 1.807) is 0 Å². The zero-order valence-electron chi connectivity index (χ0n) is 11.6. The molecule has 1 aliphatic rings. The lowest BCUT2D eigenvalue weighted by molar-refractivity contribution is 0.0695. The summed E-state index contributed by atoms with van der Waals surface area (Å²) in [7, 11) is 0. The molecule has 0 spiro atoms. The fraction of sp³-hybridized carbons (Fsp3) is 0.533. The molecule has 5 heteroatoms. The van der Waals surface area contributed by atoms with Crippen LogP contribution in [-0.2, 0) is 0 Å². The number of benzene rings is 1. The van der Waals surface area contributed by atoms with Crippen molar-refractivity contribution in [3.63, 3.8) is 0 Å². The Balaban J connectivity index is 2.14. The predicted octanol–water partition coefficient (Wildman–Crippen LogP) is 4.52. The molecule has 1 aliphatic carbocycles. The lowest BCUT2D eigenvalue weighted by Gasteiger charge is -2.33. The van der Waals surface area contributed by atoms with Gasteiger partial charge in [0.25, 0.3) is 0 Å². The average molecular weight is 344 g/mol. The summed E-state index contributed by atoms with van der Waals surface area (Å²) < 4.78 is 14.2. The highest BCUT2D eigenvalue weighted by Gasteiger charge is 2.25. The lowest BCUT2D eigenvalue weighted by Crippen LogP contribution is -2.30. The third kappa shape index (κ3) is 3.14. The van der Waals surface area contributed by atoms with Crippen LogP contribution in [0, 0.1) is 17.7 Å². The van der Waals surface area contributed by atoms with E-state index in [-0.39, 0.29) is 16.1 Å². The molecule has 0 aliphatic heterocycles. The molecule has 0 bridgehead atoms. The maximum absolute atomic E-state index is 14.2. The third-order valence-corrected chi connectivity index (χ3v) is 5.05. The Morgan fingerprint density at radius 1 is 1.35 bits per heavy atom. The lowest BCUT2D eigenvalue weighted by atomic mass is 9.79. The molecule has 1 saturated carbocycles. The van der Waals surface area contributed by atoms with Gasteiger partial charge in [0.1, 0.15) is 0 Å². The van der Waals surface area contributed by atoms with Gasteiger partial charge in [0.15, 0.2) is 5.82 Å². The van der Waals surface area contributed by atoms with E-state index in [2.05, 4.69) is 35.1 Å². The van der Waals surface area contributed by atoms with Crippen LogP contribution in [0.2, 0.25) is 0 Å². The van der Waals surface area contributed by atoms with Gasteiger partial charge in [-0.05, 0) is 59.2 Å². The van der Waals surface area contributed by atoms with Crippen molar-refractivity contribution >= 4 is 27.6 Å². The number of carbonyl (C=O) groups is 1. The Bertz CT molecular complexity index is 521. The van der Waals surface area contributed by atoms with E-state index in [0.29, 0.717) is 17.5 Å². The van der Waals surface area contributed by atoms with Crippen LogP contribution in [0.5, 0.6) is 0 Å². The first-order valence-corrected chi connectivity index (χ1v) is 7.67. The highest BCUT2D eigenvalue weighted by Crippen LogP contribution is 2.33. The molecule has 20 heavy (non-hydrogen) atoms. The number of halogens is 2. The SMILES string of the molecule is CC1CCC(Nc2ccc(C(=O)O)c(Br)c2F)CC1C. The molecule has 3 unspecified atom stereocenters. The van der Waals surface area contributed by atoms with Crippen molar-refractivity contribution in [1.29, 1.82) is 0 Å². The second-order valence-corrected chi connectivity index (χ2v) is 6.50. The van der Waals surface area contributed by atoms with Crippen LogP contribution in [0.4, 0.5) is 10.1 Å². The van der Waals surface area contributed by atoms with Crippen LogP contribution in [-0.4, -0.2) is 17.1 Å². The van der Waals surface area contributed by atoms with Crippen LogP contribution in [0.15, 0.2) is 16.6 Å². The highest BCUT2D eigenvalue weighted by molar-refractivity contribution is 9.10. The summed E-state index contributed by atoms with van der Waals surface area (Å²) in [6.45, 7) is 4.47. The molecule has 0 aromatic heterocycles. The van der Waals surface area contributed by atoms with Crippen molar-refractivity contribution in [3.05, 3.63) is 28.0 Å². The van der Waals surface area contributed by atoms with Gasteiger partial charge in [-0.25, -0.2) is 9.18 Å². The molecule has 110 valence electrons. The largest absolute Gasteiger partial charge is 0.478 e. The first-order valence-electron chi connectivity index (χ1n) is 6.88. The molecular weight excluding hydrogens is 325 g/mol. The number of aromatic carboxylic acids is 1. The third-order valence-electron chi connectivity index (χ3n) is 4.27. The second-order valence-electron chi connectivity index (χ2n) is 5.70. The normalized spacial score (nSPS) is 26.3. The van der Waals surface area contributed by atoms with Crippen molar-refractivity contribution < 1.29 is 14.3 Å². The van der Waals surface area contributed by atoms with Gasteiger partial charge in [-0.15, -0.1) is 0 Å². The summed E-state index contributed by atoms with van der Waals surface area (Å²) in [6.07, 6.45) is 3.16. The summed E-state index contributed by atoms with van der Waals surface area (Å²) >= 11 is 3.02. The van der Waals surface area contributed by atoms with Crippen molar-refractivity contribution in [2.24, 2.45) is 11.8 Å². The minimum absolute atomic E-state index is 0.00669. The zero-order chi connectivity index (χ0) is 14.9. The zero-order valence-corrected chi connectivity index (χ0v) is 13.2. The van der Waals surface area contributed by atoms with E-state index >= 15 is 0 Å². The molecule has 0 saturated heterocycles. The standard InChI is InChI=1S/C15H19BrFNO2/c1-8-3-4-10(7-9(8)2)18-12-6-5-11(15(19)20)13(16)14(12)17/h5-6,8-10,18H,3-4,7H2,1-2H3,(H,19,20). The molecule has 0 heterocycles. The molecular formula is C15H19BrFNO2. The van der Waals surface area contributed by atoms with E-state index in [9.17, 15) is 9.18 Å². The number of hydrogen-bond donors (Lipinski definition) is 2. The van der Waals surface area contributed by atoms with Gasteiger partial charge in [-0.1, -0.05) is 13.8 Å². The molecule has 2 N–H and O–H groups in total. The van der Waals surface area contributed by atoms with Gasteiger partial charge in [0, 0.05) is 6.04 Å². The van der Waals surface area contributed by atoms with Gasteiger partial charge in [-0.3, -0.25) is 0 Å². The molecule has 0 radical (unpaired) electrons. The summed E-state index contributed by atoms with van der Waals surface area (Å²) in [5, 5.41) is 12.2. The predicted molar refractivity (Wildman–Crippen MR) is 80.6 cm³/mol. The van der Waals surface area contributed by atoms with E-state index in [1.807, 2.05) is 0 Å². The van der Waals surface area contributed by atoms with Crippen molar-refractivity contribution in [2.75, 3.05) is 5.32 Å². The fourth-order valence-corrected chi connectivity index (χ4v) is 3.24. The molecule has 1 fully saturated rings. The maximum atomic E-state index is 14.2. The number of hydrogen-bond acceptors (Lipinski definition) is 2. The highest BCUT2D eigenvalue weighted by atomic mass is 79.9. The Hall–Kier alpha value is -1.10. The summed E-state index contributed by atoms with van der Waals surface area (Å²) in [5.41, 5.74) is 0.312.